The molecule has 0 bridgehead atoms. The normalized spacial score (nSPS) is 13.1. The van der Waals surface area contributed by atoms with Crippen molar-refractivity contribution in [3.63, 3.8) is 0 Å². The van der Waals surface area contributed by atoms with Crippen LogP contribution >= 0.6 is 0 Å². The standard InChI is InChI=1S/C57H38N4O/c1-4-14-37(15-5-1)40-26-30-42(31-27-40)55-58-56(43-32-28-41(29-33-43)38-16-6-2-7-17-38)60-57(59-55)48-22-13-25-52-53(48)47-21-12-24-50(54(47)62-52)61-49-23-11-10-20-45(49)46-35-34-44(36-51(46)61)39-18-8-3-9-19-39/h1-36,57H,(H,58,59,60). The molecule has 0 aliphatic carbocycles. The zero-order valence-corrected chi connectivity index (χ0v) is 33.6. The lowest BCUT2D eigenvalue weighted by atomic mass is 10.0. The minimum absolute atomic E-state index is 0.543. The minimum Gasteiger partial charge on any atom is -0.454 e. The number of aromatic nitrogens is 1. The summed E-state index contributed by atoms with van der Waals surface area (Å²) in [7, 11) is 0. The number of benzene rings is 9. The Balaban J connectivity index is 1.02. The van der Waals surface area contributed by atoms with Gasteiger partial charge in [0.15, 0.2) is 11.7 Å². The number of hydrogen-bond acceptors (Lipinski definition) is 4. The first-order valence-electron chi connectivity index (χ1n) is 21.0. The summed E-state index contributed by atoms with van der Waals surface area (Å²) in [5.74, 6) is 1.52. The fourth-order valence-electron chi connectivity index (χ4n) is 9.08. The van der Waals surface area contributed by atoms with Crippen LogP contribution in [0, 0.1) is 0 Å². The lowest BCUT2D eigenvalue weighted by molar-refractivity contribution is 0.665. The Morgan fingerprint density at radius 2 is 0.871 bits per heavy atom. The van der Waals surface area contributed by atoms with E-state index in [0.29, 0.717) is 0 Å². The molecule has 292 valence electrons. The van der Waals surface area contributed by atoms with Crippen molar-refractivity contribution in [1.29, 1.82) is 0 Å². The molecule has 0 amide bonds. The van der Waals surface area contributed by atoms with E-state index in [9.17, 15) is 0 Å². The van der Waals surface area contributed by atoms with Crippen LogP contribution < -0.4 is 5.32 Å². The predicted molar refractivity (Wildman–Crippen MR) is 256 cm³/mol. The summed E-state index contributed by atoms with van der Waals surface area (Å²) >= 11 is 0. The number of fused-ring (bicyclic) bond motifs is 6. The molecule has 11 aromatic rings. The molecule has 0 fully saturated rings. The second-order valence-electron chi connectivity index (χ2n) is 15.8. The van der Waals surface area contributed by atoms with Gasteiger partial charge >= 0.3 is 0 Å². The molecule has 0 saturated heterocycles. The summed E-state index contributed by atoms with van der Waals surface area (Å²) in [5.41, 5.74) is 14.8. The molecule has 0 spiro atoms. The van der Waals surface area contributed by atoms with Crippen LogP contribution in [0.5, 0.6) is 0 Å². The van der Waals surface area contributed by atoms with E-state index in [1.54, 1.807) is 0 Å². The Bertz CT molecular complexity index is 3410. The number of aliphatic imine (C=N–C) groups is 2. The zero-order chi connectivity index (χ0) is 41.0. The van der Waals surface area contributed by atoms with Crippen LogP contribution in [0.25, 0.3) is 82.8 Å². The number of amidine groups is 2. The Morgan fingerprint density at radius 3 is 1.50 bits per heavy atom. The average molecular weight is 795 g/mol. The molecule has 5 heteroatoms. The zero-order valence-electron chi connectivity index (χ0n) is 33.6. The monoisotopic (exact) mass is 794 g/mol. The van der Waals surface area contributed by atoms with E-state index in [0.717, 1.165) is 78.1 Å². The van der Waals surface area contributed by atoms with Crippen LogP contribution in [0.1, 0.15) is 22.9 Å². The maximum atomic E-state index is 6.95. The highest BCUT2D eigenvalue weighted by Crippen LogP contribution is 2.42. The second-order valence-corrected chi connectivity index (χ2v) is 15.8. The lowest BCUT2D eigenvalue weighted by Gasteiger charge is -2.23. The SMILES string of the molecule is c1ccc(-c2ccc(C3=NC(c4cccc5oc6c(-n7c8ccccc8c8ccc(-c9ccccc9)cc87)cccc6c45)N=C(c4ccc(-c5ccccc5)cc4)N3)cc2)cc1. The van der Waals surface area contributed by atoms with E-state index < -0.39 is 6.17 Å². The summed E-state index contributed by atoms with van der Waals surface area (Å²) in [5, 5.41) is 8.05. The van der Waals surface area contributed by atoms with E-state index in [4.69, 9.17) is 14.4 Å². The van der Waals surface area contributed by atoms with E-state index >= 15 is 0 Å². The third-order valence-corrected chi connectivity index (χ3v) is 12.1. The average Bonchev–Trinajstić information content (AvgIpc) is 3.91. The molecule has 0 radical (unpaired) electrons. The fourth-order valence-corrected chi connectivity index (χ4v) is 9.08. The molecule has 3 heterocycles. The van der Waals surface area contributed by atoms with Gasteiger partial charge in [0.25, 0.3) is 0 Å². The smallest absolute Gasteiger partial charge is 0.170 e. The first-order chi connectivity index (χ1) is 30.7. The molecule has 0 atom stereocenters. The van der Waals surface area contributed by atoms with Crippen molar-refractivity contribution < 1.29 is 4.42 Å². The molecule has 62 heavy (non-hydrogen) atoms. The van der Waals surface area contributed by atoms with Crippen molar-refractivity contribution in [3.05, 3.63) is 235 Å². The van der Waals surface area contributed by atoms with Gasteiger partial charge in [-0.15, -0.1) is 0 Å². The summed E-state index contributed by atoms with van der Waals surface area (Å²) in [4.78, 5) is 10.7. The van der Waals surface area contributed by atoms with E-state index in [1.165, 1.54) is 33.0 Å². The molecule has 5 nitrogen and oxygen atoms in total. The third-order valence-electron chi connectivity index (χ3n) is 12.1. The molecule has 0 unspecified atom stereocenters. The van der Waals surface area contributed by atoms with Gasteiger partial charge < -0.3 is 14.3 Å². The van der Waals surface area contributed by atoms with Gasteiger partial charge in [0, 0.05) is 38.2 Å². The maximum Gasteiger partial charge on any atom is 0.170 e. The Kier molecular flexibility index (Phi) is 8.49. The summed E-state index contributed by atoms with van der Waals surface area (Å²) in [6, 6.07) is 76.8. The molecule has 1 aliphatic heterocycles. The summed E-state index contributed by atoms with van der Waals surface area (Å²) in [6.07, 6.45) is -0.543. The van der Waals surface area contributed by atoms with Gasteiger partial charge in [-0.25, -0.2) is 9.98 Å². The predicted octanol–water partition coefficient (Wildman–Crippen LogP) is 14.2. The van der Waals surface area contributed by atoms with Crippen molar-refractivity contribution >= 4 is 55.4 Å². The van der Waals surface area contributed by atoms with Crippen molar-refractivity contribution in [2.75, 3.05) is 0 Å². The molecule has 1 N–H and O–H groups in total. The second kappa shape index (κ2) is 14.8. The highest BCUT2D eigenvalue weighted by Gasteiger charge is 2.26. The first-order valence-corrected chi connectivity index (χ1v) is 21.0. The van der Waals surface area contributed by atoms with E-state index in [2.05, 4.69) is 216 Å². The van der Waals surface area contributed by atoms with E-state index in [-0.39, 0.29) is 0 Å². The molecular formula is C57H38N4O. The third kappa shape index (κ3) is 6.10. The Morgan fingerprint density at radius 1 is 0.387 bits per heavy atom. The number of nitrogens with one attached hydrogen (secondary N) is 1. The summed E-state index contributed by atoms with van der Waals surface area (Å²) in [6.45, 7) is 0. The van der Waals surface area contributed by atoms with Crippen LogP contribution in [0.3, 0.4) is 0 Å². The van der Waals surface area contributed by atoms with Crippen LogP contribution in [-0.2, 0) is 0 Å². The molecular weight excluding hydrogens is 757 g/mol. The molecule has 9 aromatic carbocycles. The number of rotatable bonds is 7. The van der Waals surface area contributed by atoms with Crippen LogP contribution in [0.15, 0.2) is 233 Å². The van der Waals surface area contributed by atoms with Gasteiger partial charge in [-0.05, 0) is 57.6 Å². The number of furan rings is 1. The van der Waals surface area contributed by atoms with Gasteiger partial charge in [0.2, 0.25) is 0 Å². The Hall–Kier alpha value is -8.28. The highest BCUT2D eigenvalue weighted by atomic mass is 16.3. The number of para-hydroxylation sites is 2. The van der Waals surface area contributed by atoms with Gasteiger partial charge in [-0.2, -0.15) is 0 Å². The van der Waals surface area contributed by atoms with Gasteiger partial charge in [0.05, 0.1) is 16.7 Å². The quantitative estimate of drug-likeness (QED) is 0.175. The number of hydrogen-bond donors (Lipinski definition) is 1. The largest absolute Gasteiger partial charge is 0.454 e. The molecule has 1 aliphatic rings. The van der Waals surface area contributed by atoms with Gasteiger partial charge in [-0.3, -0.25) is 0 Å². The molecule has 2 aromatic heterocycles. The van der Waals surface area contributed by atoms with E-state index in [1.807, 2.05) is 12.1 Å². The topological polar surface area (TPSA) is 54.8 Å². The Labute approximate surface area is 358 Å². The van der Waals surface area contributed by atoms with Crippen LogP contribution in [0.4, 0.5) is 0 Å². The van der Waals surface area contributed by atoms with Gasteiger partial charge in [-0.1, -0.05) is 194 Å². The fraction of sp³-hybridized carbons (Fsp3) is 0.0175. The first kappa shape index (κ1) is 35.6. The van der Waals surface area contributed by atoms with Gasteiger partial charge in [0.1, 0.15) is 17.3 Å². The molecule has 12 rings (SSSR count). The van der Waals surface area contributed by atoms with Crippen molar-refractivity contribution in [1.82, 2.24) is 9.88 Å². The van der Waals surface area contributed by atoms with Crippen LogP contribution in [0.2, 0.25) is 0 Å². The maximum absolute atomic E-state index is 6.95. The highest BCUT2D eigenvalue weighted by molar-refractivity contribution is 6.17. The van der Waals surface area contributed by atoms with Crippen molar-refractivity contribution in [3.8, 4) is 39.1 Å². The van der Waals surface area contributed by atoms with Crippen molar-refractivity contribution in [2.24, 2.45) is 9.98 Å². The number of nitrogens with zero attached hydrogens (tertiary/aromatic N) is 3. The van der Waals surface area contributed by atoms with Crippen molar-refractivity contribution in [2.45, 2.75) is 6.17 Å². The summed E-state index contributed by atoms with van der Waals surface area (Å²) < 4.78 is 9.31. The lowest BCUT2D eigenvalue weighted by Crippen LogP contribution is -2.36. The van der Waals surface area contributed by atoms with Crippen LogP contribution in [-0.4, -0.2) is 16.2 Å². The molecule has 0 saturated carbocycles. The minimum atomic E-state index is -0.543.